The minimum atomic E-state index is -3.42. The van der Waals surface area contributed by atoms with Crippen LogP contribution in [0.15, 0.2) is 24.8 Å². The summed E-state index contributed by atoms with van der Waals surface area (Å²) in [5.74, 6) is 2.45. The van der Waals surface area contributed by atoms with Gasteiger partial charge in [0.05, 0.1) is 12.8 Å². The monoisotopic (exact) mass is 228 g/mol. The SMILES string of the molecule is C#CCC=CCCP(=O)(O)OCCC=C. The summed E-state index contributed by atoms with van der Waals surface area (Å²) in [6.07, 6.45) is 12.0. The van der Waals surface area contributed by atoms with Crippen molar-refractivity contribution in [3.63, 3.8) is 0 Å². The highest BCUT2D eigenvalue weighted by molar-refractivity contribution is 7.52. The van der Waals surface area contributed by atoms with Crippen LogP contribution in [-0.4, -0.2) is 17.7 Å². The van der Waals surface area contributed by atoms with Crippen LogP contribution in [0.3, 0.4) is 0 Å². The van der Waals surface area contributed by atoms with Gasteiger partial charge in [-0.2, -0.15) is 0 Å². The van der Waals surface area contributed by atoms with Crippen molar-refractivity contribution in [3.05, 3.63) is 24.8 Å². The molecule has 1 unspecified atom stereocenters. The molecule has 0 aliphatic rings. The Hall–Kier alpha value is -0.810. The minimum absolute atomic E-state index is 0.130. The summed E-state index contributed by atoms with van der Waals surface area (Å²) in [7, 11) is -3.42. The van der Waals surface area contributed by atoms with Gasteiger partial charge < -0.3 is 9.42 Å². The highest BCUT2D eigenvalue weighted by Gasteiger charge is 2.16. The van der Waals surface area contributed by atoms with Crippen LogP contribution < -0.4 is 0 Å². The second kappa shape index (κ2) is 8.49. The van der Waals surface area contributed by atoms with E-state index in [4.69, 9.17) is 10.9 Å². The van der Waals surface area contributed by atoms with Gasteiger partial charge >= 0.3 is 7.60 Å². The molecular formula is C11H17O3P. The molecule has 0 heterocycles. The van der Waals surface area contributed by atoms with E-state index in [2.05, 4.69) is 12.5 Å². The average Bonchev–Trinajstić information content (AvgIpc) is 2.17. The van der Waals surface area contributed by atoms with E-state index in [0.29, 0.717) is 19.3 Å². The molecule has 0 saturated carbocycles. The standard InChI is InChI=1S/C11H17O3P/c1-3-5-7-8-9-11-15(12,13)14-10-6-4-2/h1,4,7-8H,2,5-6,9-11H2,(H,12,13). The van der Waals surface area contributed by atoms with Gasteiger partial charge in [-0.05, 0) is 12.8 Å². The van der Waals surface area contributed by atoms with E-state index in [9.17, 15) is 9.46 Å². The van der Waals surface area contributed by atoms with Crippen LogP contribution >= 0.6 is 7.60 Å². The summed E-state index contributed by atoms with van der Waals surface area (Å²) in [6, 6.07) is 0. The Morgan fingerprint density at radius 3 is 2.80 bits per heavy atom. The number of hydrogen-bond acceptors (Lipinski definition) is 2. The van der Waals surface area contributed by atoms with Crippen molar-refractivity contribution >= 4 is 7.60 Å². The molecule has 0 aliphatic heterocycles. The Bertz CT molecular complexity index is 289. The maximum absolute atomic E-state index is 11.3. The van der Waals surface area contributed by atoms with E-state index in [1.807, 2.05) is 0 Å². The third kappa shape index (κ3) is 9.49. The molecule has 1 atom stereocenters. The van der Waals surface area contributed by atoms with Gasteiger partial charge in [-0.1, -0.05) is 18.2 Å². The van der Waals surface area contributed by atoms with Crippen molar-refractivity contribution in [2.75, 3.05) is 12.8 Å². The predicted octanol–water partition coefficient (Wildman–Crippen LogP) is 2.73. The number of terminal acetylenes is 1. The van der Waals surface area contributed by atoms with Crippen LogP contribution in [0, 0.1) is 12.3 Å². The third-order valence-corrected chi connectivity index (χ3v) is 3.01. The van der Waals surface area contributed by atoms with Crippen LogP contribution in [0.5, 0.6) is 0 Å². The molecule has 0 radical (unpaired) electrons. The van der Waals surface area contributed by atoms with Crippen molar-refractivity contribution in [3.8, 4) is 12.3 Å². The van der Waals surface area contributed by atoms with Crippen LogP contribution in [0.25, 0.3) is 0 Å². The van der Waals surface area contributed by atoms with Gasteiger partial charge in [0, 0.05) is 6.42 Å². The molecule has 0 amide bonds. The first-order chi connectivity index (χ1) is 7.12. The van der Waals surface area contributed by atoms with E-state index < -0.39 is 7.60 Å². The van der Waals surface area contributed by atoms with E-state index in [1.165, 1.54) is 0 Å². The summed E-state index contributed by atoms with van der Waals surface area (Å²) < 4.78 is 16.2. The van der Waals surface area contributed by atoms with Crippen molar-refractivity contribution in [2.45, 2.75) is 19.3 Å². The summed E-state index contributed by atoms with van der Waals surface area (Å²) in [4.78, 5) is 9.32. The Balaban J connectivity index is 3.69. The largest absolute Gasteiger partial charge is 0.328 e. The van der Waals surface area contributed by atoms with E-state index >= 15 is 0 Å². The first kappa shape index (κ1) is 14.2. The first-order valence-electron chi connectivity index (χ1n) is 4.78. The molecule has 3 nitrogen and oxygen atoms in total. The molecule has 1 N–H and O–H groups in total. The van der Waals surface area contributed by atoms with Crippen molar-refractivity contribution in [2.24, 2.45) is 0 Å². The predicted molar refractivity (Wildman–Crippen MR) is 62.7 cm³/mol. The van der Waals surface area contributed by atoms with E-state index in [1.54, 1.807) is 18.2 Å². The summed E-state index contributed by atoms with van der Waals surface area (Å²) >= 11 is 0. The highest BCUT2D eigenvalue weighted by atomic mass is 31.2. The van der Waals surface area contributed by atoms with E-state index in [0.717, 1.165) is 0 Å². The lowest BCUT2D eigenvalue weighted by molar-refractivity contribution is 0.265. The van der Waals surface area contributed by atoms with Crippen molar-refractivity contribution < 1.29 is 14.0 Å². The number of rotatable bonds is 8. The fourth-order valence-corrected chi connectivity index (χ4v) is 1.85. The lowest BCUT2D eigenvalue weighted by Crippen LogP contribution is -1.95. The number of hydrogen-bond donors (Lipinski definition) is 1. The zero-order valence-electron chi connectivity index (χ0n) is 8.76. The van der Waals surface area contributed by atoms with Gasteiger partial charge in [-0.15, -0.1) is 18.9 Å². The Kier molecular flexibility index (Phi) is 8.04. The molecular weight excluding hydrogens is 211 g/mol. The molecule has 0 aliphatic carbocycles. The molecule has 0 rings (SSSR count). The quantitative estimate of drug-likeness (QED) is 0.301. The molecule has 15 heavy (non-hydrogen) atoms. The van der Waals surface area contributed by atoms with E-state index in [-0.39, 0.29) is 12.8 Å². The summed E-state index contributed by atoms with van der Waals surface area (Å²) in [6.45, 7) is 3.74. The Morgan fingerprint density at radius 2 is 2.20 bits per heavy atom. The van der Waals surface area contributed by atoms with Crippen LogP contribution in [0.1, 0.15) is 19.3 Å². The van der Waals surface area contributed by atoms with Crippen molar-refractivity contribution in [1.82, 2.24) is 0 Å². The maximum Gasteiger partial charge on any atom is 0.328 e. The molecule has 0 aromatic rings. The first-order valence-corrected chi connectivity index (χ1v) is 6.54. The van der Waals surface area contributed by atoms with Gasteiger partial charge in [0.15, 0.2) is 0 Å². The second-order valence-corrected chi connectivity index (χ2v) is 4.92. The van der Waals surface area contributed by atoms with Crippen LogP contribution in [-0.2, 0) is 9.09 Å². The van der Waals surface area contributed by atoms with Crippen molar-refractivity contribution in [1.29, 1.82) is 0 Å². The topological polar surface area (TPSA) is 46.5 Å². The molecule has 0 saturated heterocycles. The van der Waals surface area contributed by atoms with Gasteiger partial charge in [0.25, 0.3) is 0 Å². The van der Waals surface area contributed by atoms with Gasteiger partial charge in [-0.3, -0.25) is 4.57 Å². The lowest BCUT2D eigenvalue weighted by Gasteiger charge is -2.09. The molecule has 0 spiro atoms. The molecule has 84 valence electrons. The lowest BCUT2D eigenvalue weighted by atomic mass is 10.3. The second-order valence-electron chi connectivity index (χ2n) is 2.94. The molecule has 0 aromatic carbocycles. The van der Waals surface area contributed by atoms with Crippen LogP contribution in [0.2, 0.25) is 0 Å². The highest BCUT2D eigenvalue weighted by Crippen LogP contribution is 2.42. The third-order valence-electron chi connectivity index (χ3n) is 1.60. The normalized spacial score (nSPS) is 14.7. The van der Waals surface area contributed by atoms with Gasteiger partial charge in [0.1, 0.15) is 0 Å². The average molecular weight is 228 g/mol. The maximum atomic E-state index is 11.3. The Morgan fingerprint density at radius 1 is 1.47 bits per heavy atom. The fraction of sp³-hybridized carbons (Fsp3) is 0.455. The zero-order valence-corrected chi connectivity index (χ0v) is 9.66. The molecule has 0 aromatic heterocycles. The number of allylic oxidation sites excluding steroid dienone is 2. The smallest absolute Gasteiger partial charge is 0.324 e. The molecule has 0 fully saturated rings. The molecule has 0 bridgehead atoms. The fourth-order valence-electron chi connectivity index (χ4n) is 0.850. The van der Waals surface area contributed by atoms with Gasteiger partial charge in [-0.25, -0.2) is 0 Å². The minimum Gasteiger partial charge on any atom is -0.324 e. The summed E-state index contributed by atoms with van der Waals surface area (Å²) in [5.41, 5.74) is 0. The van der Waals surface area contributed by atoms with Crippen LogP contribution in [0.4, 0.5) is 0 Å². The zero-order chi connectivity index (χ0) is 11.6. The summed E-state index contributed by atoms with van der Waals surface area (Å²) in [5, 5.41) is 0. The molecule has 4 heteroatoms. The Labute approximate surface area is 91.4 Å². The van der Waals surface area contributed by atoms with Gasteiger partial charge in [0.2, 0.25) is 0 Å².